The number of anilines is 1. The fourth-order valence-electron chi connectivity index (χ4n) is 3.20. The first-order valence-electron chi connectivity index (χ1n) is 9.33. The van der Waals surface area contributed by atoms with Crippen molar-refractivity contribution in [2.24, 2.45) is 7.05 Å². The molecule has 158 valence electrons. The molecule has 0 radical (unpaired) electrons. The van der Waals surface area contributed by atoms with Crippen LogP contribution in [0.15, 0.2) is 29.1 Å². The van der Waals surface area contributed by atoms with Crippen molar-refractivity contribution in [3.05, 3.63) is 51.4 Å². The summed E-state index contributed by atoms with van der Waals surface area (Å²) < 4.78 is 23.0. The first-order chi connectivity index (χ1) is 13.6. The van der Waals surface area contributed by atoms with Crippen LogP contribution in [0.2, 0.25) is 0 Å². The van der Waals surface area contributed by atoms with Crippen molar-refractivity contribution in [3.63, 3.8) is 0 Å². The Morgan fingerprint density at radius 1 is 1.24 bits per heavy atom. The highest BCUT2D eigenvalue weighted by molar-refractivity contribution is 8.25. The first-order valence-corrected chi connectivity index (χ1v) is 11.0. The number of carbonyl (C=O) groups is 1. The number of aromatic nitrogens is 2. The number of nitrogens with zero attached hydrogens (tertiary/aromatic N) is 3. The van der Waals surface area contributed by atoms with E-state index in [4.69, 9.17) is 0 Å². The Balaban J connectivity index is 1.94. The lowest BCUT2D eigenvalue weighted by Crippen LogP contribution is -2.40. The zero-order valence-corrected chi connectivity index (χ0v) is 17.4. The summed E-state index contributed by atoms with van der Waals surface area (Å²) >= 11 is 0. The molecule has 9 nitrogen and oxygen atoms in total. The molecule has 1 aliphatic heterocycles. The van der Waals surface area contributed by atoms with E-state index in [0.717, 1.165) is 15.7 Å². The third kappa shape index (κ3) is 4.24. The molecule has 29 heavy (non-hydrogen) atoms. The van der Waals surface area contributed by atoms with Crippen molar-refractivity contribution in [1.29, 1.82) is 0 Å². The predicted octanol–water partition coefficient (Wildman–Crippen LogP) is 2.55. The molecule has 3 rings (SSSR count). The molecule has 1 aliphatic rings. The average molecular weight is 423 g/mol. The second-order valence-corrected chi connectivity index (χ2v) is 9.34. The molecule has 1 saturated heterocycles. The fourth-order valence-corrected chi connectivity index (χ4v) is 4.86. The second-order valence-electron chi connectivity index (χ2n) is 7.22. The Kier molecular flexibility index (Phi) is 5.87. The van der Waals surface area contributed by atoms with Crippen molar-refractivity contribution < 1.29 is 19.0 Å². The van der Waals surface area contributed by atoms with Gasteiger partial charge in [0, 0.05) is 13.6 Å². The normalized spacial score (nSPS) is 18.2. The standard InChI is InChI=1S/C19H26N4O5S/c1-12-6-8-14(9-7-12)13(2)20-17(25)15-16(24)18(26)22(3)19(21-15)23-10-4-5-11-29(23,27)28/h6-9,13,24,27-28H,4-5,10-11H2,1-3H3,(H,20,25). The molecule has 0 saturated carbocycles. The highest BCUT2D eigenvalue weighted by Gasteiger charge is 2.32. The van der Waals surface area contributed by atoms with Gasteiger partial charge in [-0.25, -0.2) is 9.29 Å². The van der Waals surface area contributed by atoms with E-state index in [2.05, 4.69) is 10.3 Å². The molecule has 2 aromatic rings. The highest BCUT2D eigenvalue weighted by Crippen LogP contribution is 2.48. The first kappa shape index (κ1) is 21.2. The van der Waals surface area contributed by atoms with Crippen LogP contribution >= 0.6 is 10.8 Å². The van der Waals surface area contributed by atoms with Crippen LogP contribution in [-0.2, 0) is 7.05 Å². The maximum absolute atomic E-state index is 12.8. The third-order valence-corrected chi connectivity index (χ3v) is 6.88. The summed E-state index contributed by atoms with van der Waals surface area (Å²) in [5.41, 5.74) is 0.674. The number of hydrogen-bond donors (Lipinski definition) is 4. The second kappa shape index (κ2) is 8.05. The molecule has 1 atom stereocenters. The van der Waals surface area contributed by atoms with Gasteiger partial charge in [-0.3, -0.25) is 23.3 Å². The minimum Gasteiger partial charge on any atom is -0.501 e. The van der Waals surface area contributed by atoms with Gasteiger partial charge in [0.25, 0.3) is 11.5 Å². The molecular weight excluding hydrogens is 396 g/mol. The van der Waals surface area contributed by atoms with E-state index in [9.17, 15) is 23.8 Å². The lowest BCUT2D eigenvalue weighted by Gasteiger charge is -2.46. The van der Waals surface area contributed by atoms with Crippen LogP contribution in [0.5, 0.6) is 5.75 Å². The molecule has 1 aromatic heterocycles. The predicted molar refractivity (Wildman–Crippen MR) is 112 cm³/mol. The van der Waals surface area contributed by atoms with E-state index >= 15 is 0 Å². The van der Waals surface area contributed by atoms with Gasteiger partial charge in [-0.2, -0.15) is 0 Å². The molecule has 1 aromatic carbocycles. The van der Waals surface area contributed by atoms with Crippen LogP contribution in [0.3, 0.4) is 0 Å². The lowest BCUT2D eigenvalue weighted by atomic mass is 10.1. The third-order valence-electron chi connectivity index (χ3n) is 4.99. The molecule has 1 amide bonds. The number of benzene rings is 1. The van der Waals surface area contributed by atoms with Gasteiger partial charge >= 0.3 is 0 Å². The van der Waals surface area contributed by atoms with E-state index in [1.54, 1.807) is 6.92 Å². The summed E-state index contributed by atoms with van der Waals surface area (Å²) in [6.07, 6.45) is 1.34. The van der Waals surface area contributed by atoms with Gasteiger partial charge in [0.1, 0.15) is 0 Å². The number of amides is 1. The van der Waals surface area contributed by atoms with Crippen molar-refractivity contribution in [2.75, 3.05) is 16.6 Å². The van der Waals surface area contributed by atoms with E-state index in [-0.39, 0.29) is 24.3 Å². The quantitative estimate of drug-likeness (QED) is 0.596. The van der Waals surface area contributed by atoms with Crippen LogP contribution in [0.1, 0.15) is 47.4 Å². The number of hydrogen-bond acceptors (Lipinski definition) is 7. The number of aromatic hydroxyl groups is 1. The van der Waals surface area contributed by atoms with Gasteiger partial charge in [0.2, 0.25) is 11.7 Å². The topological polar surface area (TPSA) is 128 Å². The van der Waals surface area contributed by atoms with Gasteiger partial charge < -0.3 is 10.4 Å². The molecule has 1 unspecified atom stereocenters. The molecule has 1 fully saturated rings. The smallest absolute Gasteiger partial charge is 0.297 e. The summed E-state index contributed by atoms with van der Waals surface area (Å²) in [5, 5.41) is 13.0. The Hall–Kier alpha value is -2.56. The Bertz CT molecular complexity index is 974. The average Bonchev–Trinajstić information content (AvgIpc) is 2.67. The van der Waals surface area contributed by atoms with Gasteiger partial charge in [-0.05, 0) is 32.3 Å². The van der Waals surface area contributed by atoms with E-state index in [1.807, 2.05) is 31.2 Å². The van der Waals surface area contributed by atoms with Crippen molar-refractivity contribution >= 4 is 22.6 Å². The Labute approximate surface area is 170 Å². The maximum Gasteiger partial charge on any atom is 0.297 e. The van der Waals surface area contributed by atoms with Crippen LogP contribution in [-0.4, -0.2) is 42.0 Å². The fraction of sp³-hybridized carbons (Fsp3) is 0.421. The molecule has 4 N–H and O–H groups in total. The summed E-state index contributed by atoms with van der Waals surface area (Å²) in [4.78, 5) is 29.4. The monoisotopic (exact) mass is 422 g/mol. The molecule has 0 spiro atoms. The lowest BCUT2D eigenvalue weighted by molar-refractivity contribution is 0.0931. The summed E-state index contributed by atoms with van der Waals surface area (Å²) in [6.45, 7) is 4.03. The summed E-state index contributed by atoms with van der Waals surface area (Å²) in [7, 11) is -1.78. The minimum atomic E-state index is -3.14. The van der Waals surface area contributed by atoms with Crippen LogP contribution in [0.25, 0.3) is 0 Å². The molecule has 10 heteroatoms. The van der Waals surface area contributed by atoms with Crippen LogP contribution < -0.4 is 15.2 Å². The summed E-state index contributed by atoms with van der Waals surface area (Å²) in [5.74, 6) is -1.39. The zero-order chi connectivity index (χ0) is 21.3. The number of rotatable bonds is 4. The highest BCUT2D eigenvalue weighted by atomic mass is 32.3. The number of carbonyl (C=O) groups excluding carboxylic acids is 1. The molecule has 0 aliphatic carbocycles. The van der Waals surface area contributed by atoms with Gasteiger partial charge in [0.15, 0.2) is 5.69 Å². The largest absolute Gasteiger partial charge is 0.501 e. The minimum absolute atomic E-state index is 0.0550. The van der Waals surface area contributed by atoms with E-state index in [1.165, 1.54) is 11.4 Å². The Morgan fingerprint density at radius 2 is 1.90 bits per heavy atom. The molecule has 2 heterocycles. The Morgan fingerprint density at radius 3 is 2.52 bits per heavy atom. The molecule has 0 bridgehead atoms. The molecular formula is C19H26N4O5S. The van der Waals surface area contributed by atoms with Crippen LogP contribution in [0, 0.1) is 6.92 Å². The van der Waals surface area contributed by atoms with Gasteiger partial charge in [-0.15, -0.1) is 10.8 Å². The SMILES string of the molecule is Cc1ccc(C(C)NC(=O)c2nc(N3CCCCS3(O)O)n(C)c(=O)c2O)cc1. The van der Waals surface area contributed by atoms with Crippen LogP contribution in [0.4, 0.5) is 5.95 Å². The van der Waals surface area contributed by atoms with Crippen molar-refractivity contribution in [2.45, 2.75) is 32.7 Å². The van der Waals surface area contributed by atoms with E-state index in [0.29, 0.717) is 12.8 Å². The maximum atomic E-state index is 12.8. The summed E-state index contributed by atoms with van der Waals surface area (Å²) in [6, 6.07) is 7.22. The van der Waals surface area contributed by atoms with Gasteiger partial charge in [-0.1, -0.05) is 29.8 Å². The van der Waals surface area contributed by atoms with Gasteiger partial charge in [0.05, 0.1) is 11.8 Å². The van der Waals surface area contributed by atoms with Crippen molar-refractivity contribution in [1.82, 2.24) is 14.9 Å². The zero-order valence-electron chi connectivity index (χ0n) is 16.6. The number of aryl methyl sites for hydroxylation is 1. The van der Waals surface area contributed by atoms with E-state index < -0.39 is 33.7 Å². The number of nitrogens with one attached hydrogen (secondary N) is 1. The van der Waals surface area contributed by atoms with Crippen molar-refractivity contribution in [3.8, 4) is 5.75 Å².